The zero-order valence-electron chi connectivity index (χ0n) is 8.27. The van der Waals surface area contributed by atoms with Crippen LogP contribution in [0.15, 0.2) is 18.2 Å². The molecule has 15 heavy (non-hydrogen) atoms. The molecule has 84 valence electrons. The second kappa shape index (κ2) is 5.75. The number of nitrogens with one attached hydrogen (secondary N) is 1. The maximum atomic E-state index is 11.9. The first-order valence-electron chi connectivity index (χ1n) is 4.61. The largest absolute Gasteiger partial charge is 0.433 e. The van der Waals surface area contributed by atoms with Crippen LogP contribution in [-0.4, -0.2) is 13.2 Å². The lowest BCUT2D eigenvalue weighted by Gasteiger charge is -2.09. The molecule has 0 amide bonds. The lowest BCUT2D eigenvalue weighted by atomic mass is 10.3. The summed E-state index contributed by atoms with van der Waals surface area (Å²) >= 11 is 5.75. The van der Waals surface area contributed by atoms with Gasteiger partial charge in [-0.2, -0.15) is 8.78 Å². The molecule has 1 aromatic rings. The van der Waals surface area contributed by atoms with Crippen LogP contribution in [0.2, 0.25) is 5.02 Å². The topological polar surface area (TPSA) is 21.3 Å². The van der Waals surface area contributed by atoms with Gasteiger partial charge in [0.1, 0.15) is 5.75 Å². The summed E-state index contributed by atoms with van der Waals surface area (Å²) in [5.74, 6) is -0.00582. The number of hydrogen-bond acceptors (Lipinski definition) is 2. The zero-order chi connectivity index (χ0) is 11.3. The Morgan fingerprint density at radius 1 is 1.47 bits per heavy atom. The van der Waals surface area contributed by atoms with Gasteiger partial charge in [0.25, 0.3) is 0 Å². The van der Waals surface area contributed by atoms with E-state index in [9.17, 15) is 8.78 Å². The van der Waals surface area contributed by atoms with Gasteiger partial charge < -0.3 is 10.1 Å². The Balaban J connectivity index is 2.70. The fourth-order valence-corrected chi connectivity index (χ4v) is 1.30. The van der Waals surface area contributed by atoms with Crippen LogP contribution in [0.25, 0.3) is 0 Å². The normalized spacial score (nSPS) is 10.5. The highest BCUT2D eigenvalue weighted by Crippen LogP contribution is 2.28. The summed E-state index contributed by atoms with van der Waals surface area (Å²) in [6, 6.07) is 4.64. The van der Waals surface area contributed by atoms with Crippen molar-refractivity contribution in [2.45, 2.75) is 20.0 Å². The Kier molecular flexibility index (Phi) is 4.62. The highest BCUT2D eigenvalue weighted by molar-refractivity contribution is 6.32. The third-order valence-electron chi connectivity index (χ3n) is 1.73. The molecule has 0 heterocycles. The predicted octanol–water partition coefficient (Wildman–Crippen LogP) is 3.76. The molecule has 1 aromatic carbocycles. The minimum atomic E-state index is -2.85. The molecular formula is C10H12ClF2NO. The average Bonchev–Trinajstić information content (AvgIpc) is 2.18. The van der Waals surface area contributed by atoms with Crippen molar-refractivity contribution in [1.29, 1.82) is 0 Å². The Hall–Kier alpha value is -1.03. The van der Waals surface area contributed by atoms with Crippen molar-refractivity contribution in [3.63, 3.8) is 0 Å². The molecule has 0 aromatic heterocycles. The molecule has 0 unspecified atom stereocenters. The molecule has 0 aliphatic heterocycles. The highest BCUT2D eigenvalue weighted by atomic mass is 35.5. The van der Waals surface area contributed by atoms with Gasteiger partial charge in [-0.05, 0) is 24.6 Å². The molecule has 0 aliphatic rings. The maximum absolute atomic E-state index is 11.9. The second-order valence-corrected chi connectivity index (χ2v) is 3.36. The second-order valence-electron chi connectivity index (χ2n) is 2.95. The molecule has 5 heteroatoms. The SMILES string of the molecule is CCCNc1ccc(OC(F)F)c(Cl)c1. The van der Waals surface area contributed by atoms with Crippen molar-refractivity contribution >= 4 is 17.3 Å². The van der Waals surface area contributed by atoms with Gasteiger partial charge in [0.2, 0.25) is 0 Å². The molecule has 0 saturated heterocycles. The van der Waals surface area contributed by atoms with E-state index >= 15 is 0 Å². The van der Waals surface area contributed by atoms with Gasteiger partial charge in [-0.1, -0.05) is 18.5 Å². The van der Waals surface area contributed by atoms with Crippen LogP contribution < -0.4 is 10.1 Å². The van der Waals surface area contributed by atoms with Crippen LogP contribution in [-0.2, 0) is 0 Å². The van der Waals surface area contributed by atoms with E-state index in [1.165, 1.54) is 6.07 Å². The number of benzene rings is 1. The standard InChI is InChI=1S/C10H12ClF2NO/c1-2-5-14-7-3-4-9(8(11)6-7)15-10(12)13/h3-4,6,10,14H,2,5H2,1H3. The third kappa shape index (κ3) is 3.91. The lowest BCUT2D eigenvalue weighted by Crippen LogP contribution is -2.03. The van der Waals surface area contributed by atoms with E-state index in [-0.39, 0.29) is 10.8 Å². The molecule has 0 fully saturated rings. The lowest BCUT2D eigenvalue weighted by molar-refractivity contribution is -0.0497. The van der Waals surface area contributed by atoms with Crippen molar-refractivity contribution in [3.8, 4) is 5.75 Å². The Morgan fingerprint density at radius 2 is 2.20 bits per heavy atom. The number of hydrogen-bond donors (Lipinski definition) is 1. The van der Waals surface area contributed by atoms with Crippen LogP contribution in [0.3, 0.4) is 0 Å². The Bertz CT molecular complexity index is 320. The van der Waals surface area contributed by atoms with Crippen molar-refractivity contribution in [2.24, 2.45) is 0 Å². The summed E-state index contributed by atoms with van der Waals surface area (Å²) in [5, 5.41) is 3.27. The number of anilines is 1. The summed E-state index contributed by atoms with van der Waals surface area (Å²) < 4.78 is 28.0. The third-order valence-corrected chi connectivity index (χ3v) is 2.02. The molecule has 2 nitrogen and oxygen atoms in total. The van der Waals surface area contributed by atoms with Gasteiger partial charge >= 0.3 is 6.61 Å². The smallest absolute Gasteiger partial charge is 0.387 e. The molecule has 1 rings (SSSR count). The van der Waals surface area contributed by atoms with E-state index < -0.39 is 6.61 Å². The average molecular weight is 236 g/mol. The van der Waals surface area contributed by atoms with Gasteiger partial charge in [-0.3, -0.25) is 0 Å². The highest BCUT2D eigenvalue weighted by Gasteiger charge is 2.08. The van der Waals surface area contributed by atoms with E-state index in [1.807, 2.05) is 6.92 Å². The Morgan fingerprint density at radius 3 is 2.73 bits per heavy atom. The van der Waals surface area contributed by atoms with Crippen molar-refractivity contribution < 1.29 is 13.5 Å². The number of halogens is 3. The minimum Gasteiger partial charge on any atom is -0.433 e. The Labute approximate surface area is 92.2 Å². The number of ether oxygens (including phenoxy) is 1. The van der Waals surface area contributed by atoms with Crippen LogP contribution >= 0.6 is 11.6 Å². The van der Waals surface area contributed by atoms with E-state index in [0.29, 0.717) is 0 Å². The summed E-state index contributed by atoms with van der Waals surface area (Å²) in [6.07, 6.45) is 0.979. The first-order valence-corrected chi connectivity index (χ1v) is 4.99. The molecule has 0 atom stereocenters. The summed E-state index contributed by atoms with van der Waals surface area (Å²) in [7, 11) is 0. The van der Waals surface area contributed by atoms with E-state index in [2.05, 4.69) is 10.1 Å². The number of alkyl halides is 2. The summed E-state index contributed by atoms with van der Waals surface area (Å²) in [6.45, 7) is -0.00851. The molecule has 0 radical (unpaired) electrons. The van der Waals surface area contributed by atoms with Gasteiger partial charge in [0, 0.05) is 12.2 Å². The van der Waals surface area contributed by atoms with Crippen LogP contribution in [0, 0.1) is 0 Å². The monoisotopic (exact) mass is 235 g/mol. The molecular weight excluding hydrogens is 224 g/mol. The minimum absolute atomic E-state index is 0.00582. The summed E-state index contributed by atoms with van der Waals surface area (Å²) in [4.78, 5) is 0. The van der Waals surface area contributed by atoms with E-state index in [0.717, 1.165) is 18.7 Å². The first kappa shape index (κ1) is 12.0. The van der Waals surface area contributed by atoms with Crippen LogP contribution in [0.4, 0.5) is 14.5 Å². The zero-order valence-corrected chi connectivity index (χ0v) is 9.02. The molecule has 1 N–H and O–H groups in total. The molecule has 0 aliphatic carbocycles. The van der Waals surface area contributed by atoms with Crippen molar-refractivity contribution in [2.75, 3.05) is 11.9 Å². The van der Waals surface area contributed by atoms with E-state index in [1.54, 1.807) is 12.1 Å². The van der Waals surface area contributed by atoms with Gasteiger partial charge in [-0.25, -0.2) is 0 Å². The fraction of sp³-hybridized carbons (Fsp3) is 0.400. The van der Waals surface area contributed by atoms with Crippen LogP contribution in [0.5, 0.6) is 5.75 Å². The number of rotatable bonds is 5. The van der Waals surface area contributed by atoms with E-state index in [4.69, 9.17) is 11.6 Å². The first-order chi connectivity index (χ1) is 7.13. The maximum Gasteiger partial charge on any atom is 0.387 e. The van der Waals surface area contributed by atoms with Gasteiger partial charge in [0.15, 0.2) is 0 Å². The fourth-order valence-electron chi connectivity index (χ4n) is 1.07. The molecule has 0 spiro atoms. The quantitative estimate of drug-likeness (QED) is 0.839. The molecule has 0 bridgehead atoms. The molecule has 0 saturated carbocycles. The van der Waals surface area contributed by atoms with Crippen LogP contribution in [0.1, 0.15) is 13.3 Å². The van der Waals surface area contributed by atoms with Crippen molar-refractivity contribution in [1.82, 2.24) is 0 Å². The van der Waals surface area contributed by atoms with Gasteiger partial charge in [-0.15, -0.1) is 0 Å². The van der Waals surface area contributed by atoms with Gasteiger partial charge in [0.05, 0.1) is 5.02 Å². The predicted molar refractivity (Wildman–Crippen MR) is 56.9 cm³/mol. The summed E-state index contributed by atoms with van der Waals surface area (Å²) in [5.41, 5.74) is 0.795. The van der Waals surface area contributed by atoms with Crippen molar-refractivity contribution in [3.05, 3.63) is 23.2 Å².